The van der Waals surface area contributed by atoms with E-state index in [4.69, 9.17) is 0 Å². The highest BCUT2D eigenvalue weighted by atomic mass is 19.4. The van der Waals surface area contributed by atoms with Crippen LogP contribution in [-0.4, -0.2) is 32.2 Å². The second kappa shape index (κ2) is 6.36. The van der Waals surface area contributed by atoms with Crippen molar-refractivity contribution in [3.05, 3.63) is 53.4 Å². The molecule has 144 valence electrons. The van der Waals surface area contributed by atoms with Gasteiger partial charge in [0.25, 0.3) is 5.91 Å². The number of alkyl halides is 3. The fourth-order valence-electron chi connectivity index (χ4n) is 2.83. The molecule has 0 atom stereocenters. The molecule has 0 unspecified atom stereocenters. The summed E-state index contributed by atoms with van der Waals surface area (Å²) in [4.78, 5) is 19.7. The monoisotopic (exact) mass is 395 g/mol. The minimum Gasteiger partial charge on any atom is -0.349 e. The Bertz CT molecular complexity index is 1090. The molecule has 0 bridgehead atoms. The van der Waals surface area contributed by atoms with E-state index in [0.29, 0.717) is 30.5 Å². The molecule has 1 aromatic carbocycles. The molecule has 1 aliphatic rings. The number of amides is 1. The van der Waals surface area contributed by atoms with Crippen LogP contribution < -0.4 is 5.32 Å². The predicted molar refractivity (Wildman–Crippen MR) is 85.9 cm³/mol. The lowest BCUT2D eigenvalue weighted by Crippen LogP contribution is -2.35. The van der Waals surface area contributed by atoms with Crippen molar-refractivity contribution in [2.45, 2.75) is 12.7 Å². The van der Waals surface area contributed by atoms with E-state index in [2.05, 4.69) is 20.4 Å². The molecule has 1 aliphatic heterocycles. The lowest BCUT2D eigenvalue weighted by Gasteiger charge is -2.13. The summed E-state index contributed by atoms with van der Waals surface area (Å²) in [6.07, 6.45) is -3.78. The van der Waals surface area contributed by atoms with Gasteiger partial charge < -0.3 is 5.32 Å². The van der Waals surface area contributed by atoms with E-state index in [9.17, 15) is 26.7 Å². The normalized spacial score (nSPS) is 14.0. The summed E-state index contributed by atoms with van der Waals surface area (Å²) in [5.41, 5.74) is -1.41. The second-order valence-electron chi connectivity index (χ2n) is 5.97. The number of halogens is 5. The molecule has 4 rings (SSSR count). The van der Waals surface area contributed by atoms with Crippen LogP contribution in [0.4, 0.5) is 22.0 Å². The molecule has 0 spiro atoms. The Labute approximate surface area is 154 Å². The van der Waals surface area contributed by atoms with Crippen LogP contribution in [0.25, 0.3) is 22.8 Å². The van der Waals surface area contributed by atoms with E-state index in [0.717, 1.165) is 0 Å². The molecule has 6 nitrogen and oxygen atoms in total. The molecule has 1 amide bonds. The summed E-state index contributed by atoms with van der Waals surface area (Å²) >= 11 is 0. The van der Waals surface area contributed by atoms with Crippen LogP contribution in [0.3, 0.4) is 0 Å². The van der Waals surface area contributed by atoms with Crippen molar-refractivity contribution in [2.75, 3.05) is 6.54 Å². The summed E-state index contributed by atoms with van der Waals surface area (Å²) in [7, 11) is 0. The van der Waals surface area contributed by atoms with E-state index in [1.807, 2.05) is 0 Å². The van der Waals surface area contributed by atoms with Gasteiger partial charge in [-0.1, -0.05) is 0 Å². The van der Waals surface area contributed by atoms with Crippen LogP contribution in [0.15, 0.2) is 30.5 Å². The third-order valence-corrected chi connectivity index (χ3v) is 4.14. The molecule has 2 aromatic heterocycles. The molecule has 0 radical (unpaired) electrons. The summed E-state index contributed by atoms with van der Waals surface area (Å²) in [5, 5.41) is 6.90. The first-order chi connectivity index (χ1) is 13.2. The number of nitrogens with zero attached hydrogens (tertiary/aromatic N) is 4. The number of fused-ring (bicyclic) bond motifs is 1. The van der Waals surface area contributed by atoms with Gasteiger partial charge in [-0.15, -0.1) is 0 Å². The van der Waals surface area contributed by atoms with E-state index < -0.39 is 28.9 Å². The Morgan fingerprint density at radius 2 is 1.86 bits per heavy atom. The average Bonchev–Trinajstić information content (AvgIpc) is 3.08. The third kappa shape index (κ3) is 3.08. The maximum atomic E-state index is 14.2. The first-order valence-electron chi connectivity index (χ1n) is 8.00. The van der Waals surface area contributed by atoms with E-state index in [-0.39, 0.29) is 23.5 Å². The van der Waals surface area contributed by atoms with Crippen LogP contribution in [0, 0.1) is 11.6 Å². The van der Waals surface area contributed by atoms with E-state index in [1.165, 1.54) is 23.0 Å². The zero-order valence-electron chi connectivity index (χ0n) is 13.9. The van der Waals surface area contributed by atoms with Gasteiger partial charge in [0.1, 0.15) is 23.0 Å². The fraction of sp³-hybridized carbons (Fsp3) is 0.176. The molecule has 28 heavy (non-hydrogen) atoms. The zero-order valence-corrected chi connectivity index (χ0v) is 13.9. The van der Waals surface area contributed by atoms with Crippen molar-refractivity contribution in [1.29, 1.82) is 0 Å². The molecule has 1 N–H and O–H groups in total. The van der Waals surface area contributed by atoms with Gasteiger partial charge in [-0.3, -0.25) is 9.48 Å². The van der Waals surface area contributed by atoms with Crippen molar-refractivity contribution in [2.24, 2.45) is 0 Å². The van der Waals surface area contributed by atoms with Crippen molar-refractivity contribution >= 4 is 5.91 Å². The van der Waals surface area contributed by atoms with Gasteiger partial charge in [0.15, 0.2) is 5.82 Å². The van der Waals surface area contributed by atoms with Crippen molar-refractivity contribution in [3.8, 4) is 22.8 Å². The molecule has 11 heteroatoms. The second-order valence-corrected chi connectivity index (χ2v) is 5.97. The fourth-order valence-corrected chi connectivity index (χ4v) is 2.83. The first-order valence-corrected chi connectivity index (χ1v) is 8.00. The zero-order chi connectivity index (χ0) is 20.1. The lowest BCUT2D eigenvalue weighted by atomic mass is 10.1. The topological polar surface area (TPSA) is 72.7 Å². The number of benzene rings is 1. The number of carbonyl (C=O) groups excluding carboxylic acids is 1. The molecule has 3 heterocycles. The molecule has 0 fully saturated rings. The van der Waals surface area contributed by atoms with E-state index >= 15 is 0 Å². The molecule has 0 saturated carbocycles. The van der Waals surface area contributed by atoms with Crippen molar-refractivity contribution in [3.63, 3.8) is 0 Å². The quantitative estimate of drug-likeness (QED) is 0.677. The Morgan fingerprint density at radius 3 is 2.57 bits per heavy atom. The largest absolute Gasteiger partial charge is 0.419 e. The van der Waals surface area contributed by atoms with Gasteiger partial charge in [-0.05, 0) is 24.3 Å². The Hall–Kier alpha value is -3.37. The number of carbonyl (C=O) groups is 1. The molecular weight excluding hydrogens is 385 g/mol. The number of rotatable bonds is 2. The van der Waals surface area contributed by atoms with Gasteiger partial charge in [0.05, 0.1) is 23.4 Å². The van der Waals surface area contributed by atoms with E-state index in [1.54, 1.807) is 0 Å². The van der Waals surface area contributed by atoms with Gasteiger partial charge in [-0.2, -0.15) is 18.3 Å². The highest BCUT2D eigenvalue weighted by Gasteiger charge is 2.35. The highest BCUT2D eigenvalue weighted by Crippen LogP contribution is 2.34. The number of hydrogen-bond donors (Lipinski definition) is 1. The Balaban J connectivity index is 1.76. The van der Waals surface area contributed by atoms with Crippen LogP contribution in [0.5, 0.6) is 0 Å². The minimum atomic E-state index is -5.03. The molecular formula is C17H10F5N5O. The molecule has 0 saturated heterocycles. The highest BCUT2D eigenvalue weighted by molar-refractivity contribution is 5.94. The maximum Gasteiger partial charge on any atom is 0.419 e. The first kappa shape index (κ1) is 18.0. The number of nitrogens with one attached hydrogen (secondary N) is 1. The lowest BCUT2D eigenvalue weighted by molar-refractivity contribution is -0.140. The van der Waals surface area contributed by atoms with Gasteiger partial charge >= 0.3 is 6.18 Å². The van der Waals surface area contributed by atoms with Crippen LogP contribution >= 0.6 is 0 Å². The summed E-state index contributed by atoms with van der Waals surface area (Å²) < 4.78 is 67.6. The Morgan fingerprint density at radius 1 is 1.07 bits per heavy atom. The van der Waals surface area contributed by atoms with Gasteiger partial charge in [0.2, 0.25) is 0 Å². The van der Waals surface area contributed by atoms with Gasteiger partial charge in [-0.25, -0.2) is 18.7 Å². The maximum absolute atomic E-state index is 14.2. The standard InChI is InChI=1S/C17H10F5N5O/c18-10-6-9(17(20,21)22)11(19)5-8(10)15-23-2-1-12(25-15)13-7-14-16(28)24-3-4-27(14)26-13/h1-2,5-7H,3-4H2,(H,24,28). The van der Waals surface area contributed by atoms with Crippen LogP contribution in [-0.2, 0) is 12.7 Å². The van der Waals surface area contributed by atoms with Crippen LogP contribution in [0.1, 0.15) is 16.1 Å². The average molecular weight is 395 g/mol. The summed E-state index contributed by atoms with van der Waals surface area (Å²) in [6, 6.07) is 3.39. The third-order valence-electron chi connectivity index (χ3n) is 4.14. The van der Waals surface area contributed by atoms with Crippen molar-refractivity contribution < 1.29 is 26.7 Å². The minimum absolute atomic E-state index is 0.0698. The molecule has 0 aliphatic carbocycles. The smallest absolute Gasteiger partial charge is 0.349 e. The predicted octanol–water partition coefficient (Wildman–Crippen LogP) is 3.05. The summed E-state index contributed by atoms with van der Waals surface area (Å²) in [6.45, 7) is 0.871. The summed E-state index contributed by atoms with van der Waals surface area (Å²) in [5.74, 6) is -3.56. The SMILES string of the molecule is O=C1NCCn2nc(-c3ccnc(-c4cc(F)c(C(F)(F)F)cc4F)n3)cc21. The molecule has 3 aromatic rings. The number of aromatic nitrogens is 4. The van der Waals surface area contributed by atoms with Crippen molar-refractivity contribution in [1.82, 2.24) is 25.1 Å². The Kier molecular flexibility index (Phi) is 4.09. The van der Waals surface area contributed by atoms with Gasteiger partial charge in [0, 0.05) is 12.7 Å². The van der Waals surface area contributed by atoms with Crippen LogP contribution in [0.2, 0.25) is 0 Å². The number of hydrogen-bond acceptors (Lipinski definition) is 4.